The molecule has 1 atom stereocenters. The zero-order valence-corrected chi connectivity index (χ0v) is 11.6. The van der Waals surface area contributed by atoms with Crippen LogP contribution in [0, 0.1) is 5.92 Å². The van der Waals surface area contributed by atoms with E-state index in [0.717, 1.165) is 24.7 Å². The number of carboxylic acid groups (broad SMARTS) is 1. The quantitative estimate of drug-likeness (QED) is 0.931. The molecule has 1 aliphatic rings. The highest BCUT2D eigenvalue weighted by atomic mass is 16.4. The number of nitrogens with zero attached hydrogens (tertiary/aromatic N) is 3. The number of aliphatic carboxylic acids is 1. The van der Waals surface area contributed by atoms with Gasteiger partial charge >= 0.3 is 5.97 Å². The molecule has 0 aliphatic carbocycles. The van der Waals surface area contributed by atoms with Crippen molar-refractivity contribution in [1.82, 2.24) is 9.38 Å². The van der Waals surface area contributed by atoms with E-state index in [0.29, 0.717) is 5.69 Å². The van der Waals surface area contributed by atoms with Crippen LogP contribution in [0.25, 0.3) is 5.65 Å². The molecular weight excluding hydrogens is 254 g/mol. The van der Waals surface area contributed by atoms with Gasteiger partial charge in [-0.25, -0.2) is 4.98 Å². The van der Waals surface area contributed by atoms with Gasteiger partial charge in [0, 0.05) is 25.5 Å². The number of rotatable bonds is 3. The Kier molecular flexibility index (Phi) is 3.34. The molecule has 1 N–H and O–H groups in total. The van der Waals surface area contributed by atoms with Crippen LogP contribution >= 0.6 is 0 Å². The summed E-state index contributed by atoms with van der Waals surface area (Å²) in [4.78, 5) is 17.4. The maximum Gasteiger partial charge on any atom is 0.309 e. The van der Waals surface area contributed by atoms with Crippen molar-refractivity contribution in [1.29, 1.82) is 0 Å². The van der Waals surface area contributed by atoms with E-state index in [1.165, 1.54) is 18.5 Å². The fraction of sp³-hybridized carbons (Fsp3) is 0.467. The van der Waals surface area contributed by atoms with E-state index in [-0.39, 0.29) is 6.42 Å². The molecule has 1 fully saturated rings. The lowest BCUT2D eigenvalue weighted by Crippen LogP contribution is -2.34. The normalized spacial score (nSPS) is 19.4. The van der Waals surface area contributed by atoms with E-state index in [2.05, 4.69) is 22.9 Å². The van der Waals surface area contributed by atoms with Crippen molar-refractivity contribution < 1.29 is 9.90 Å². The minimum atomic E-state index is -0.849. The fourth-order valence-electron chi connectivity index (χ4n) is 2.88. The van der Waals surface area contributed by atoms with Gasteiger partial charge in [0.05, 0.1) is 17.8 Å². The summed E-state index contributed by atoms with van der Waals surface area (Å²) in [6, 6.07) is 4.03. The van der Waals surface area contributed by atoms with Crippen molar-refractivity contribution in [2.45, 2.75) is 26.2 Å². The second kappa shape index (κ2) is 5.15. The highest BCUT2D eigenvalue weighted by Gasteiger charge is 2.17. The predicted octanol–water partition coefficient (Wildman–Crippen LogP) is 2.20. The summed E-state index contributed by atoms with van der Waals surface area (Å²) in [6.45, 7) is 4.46. The van der Waals surface area contributed by atoms with Crippen LogP contribution in [0.3, 0.4) is 0 Å². The molecule has 2 aromatic rings. The van der Waals surface area contributed by atoms with Crippen molar-refractivity contribution in [3.63, 3.8) is 0 Å². The summed E-state index contributed by atoms with van der Waals surface area (Å²) in [6.07, 6.45) is 6.35. The van der Waals surface area contributed by atoms with Gasteiger partial charge in [0.15, 0.2) is 0 Å². The summed E-state index contributed by atoms with van der Waals surface area (Å²) in [5.74, 6) is -0.122. The van der Waals surface area contributed by atoms with Gasteiger partial charge in [-0.05, 0) is 30.9 Å². The lowest BCUT2D eigenvalue weighted by molar-refractivity contribution is -0.136. The second-order valence-electron chi connectivity index (χ2n) is 5.65. The summed E-state index contributed by atoms with van der Waals surface area (Å²) in [5, 5.41) is 8.82. The lowest BCUT2D eigenvalue weighted by atomic mass is 10.00. The van der Waals surface area contributed by atoms with Gasteiger partial charge in [0.25, 0.3) is 0 Å². The van der Waals surface area contributed by atoms with Crippen LogP contribution in [0.15, 0.2) is 24.5 Å². The van der Waals surface area contributed by atoms with Crippen LogP contribution in [0.5, 0.6) is 0 Å². The summed E-state index contributed by atoms with van der Waals surface area (Å²) in [7, 11) is 0. The maximum atomic E-state index is 10.7. The van der Waals surface area contributed by atoms with Gasteiger partial charge in [-0.2, -0.15) is 0 Å². The number of hydrogen-bond acceptors (Lipinski definition) is 3. The Morgan fingerprint density at radius 1 is 1.45 bits per heavy atom. The molecule has 0 radical (unpaired) electrons. The first-order chi connectivity index (χ1) is 9.61. The van der Waals surface area contributed by atoms with E-state index >= 15 is 0 Å². The average molecular weight is 273 g/mol. The number of carbonyl (C=O) groups is 1. The Hall–Kier alpha value is -2.04. The molecule has 1 unspecified atom stereocenters. The van der Waals surface area contributed by atoms with Gasteiger partial charge in [-0.15, -0.1) is 0 Å². The molecule has 106 valence electrons. The molecule has 3 rings (SSSR count). The Labute approximate surface area is 117 Å². The number of anilines is 1. The van der Waals surface area contributed by atoms with Gasteiger partial charge in [-0.3, -0.25) is 4.79 Å². The third-order valence-electron chi connectivity index (χ3n) is 3.84. The second-order valence-corrected chi connectivity index (χ2v) is 5.65. The van der Waals surface area contributed by atoms with Crippen LogP contribution in [-0.2, 0) is 11.2 Å². The Balaban J connectivity index is 1.87. The number of aromatic nitrogens is 2. The van der Waals surface area contributed by atoms with Crippen molar-refractivity contribution in [2.24, 2.45) is 5.92 Å². The SMILES string of the molecule is CC1CCCN(c2ccc3nc(CC(=O)O)cn3c2)C1. The largest absolute Gasteiger partial charge is 0.481 e. The molecule has 1 saturated heterocycles. The Morgan fingerprint density at radius 2 is 2.30 bits per heavy atom. The van der Waals surface area contributed by atoms with Crippen molar-refractivity contribution in [3.05, 3.63) is 30.2 Å². The van der Waals surface area contributed by atoms with Crippen LogP contribution in [-0.4, -0.2) is 33.6 Å². The van der Waals surface area contributed by atoms with E-state index in [9.17, 15) is 4.79 Å². The molecule has 5 nitrogen and oxygen atoms in total. The first-order valence-corrected chi connectivity index (χ1v) is 7.06. The number of imidazole rings is 1. The number of carboxylic acids is 1. The highest BCUT2D eigenvalue weighted by Crippen LogP contribution is 2.23. The maximum absolute atomic E-state index is 10.7. The number of fused-ring (bicyclic) bond motifs is 1. The minimum Gasteiger partial charge on any atom is -0.481 e. The number of pyridine rings is 1. The molecule has 2 aromatic heterocycles. The monoisotopic (exact) mass is 273 g/mol. The molecule has 1 aliphatic heterocycles. The van der Waals surface area contributed by atoms with Crippen LogP contribution in [0.2, 0.25) is 0 Å². The van der Waals surface area contributed by atoms with Crippen molar-refractivity contribution >= 4 is 17.3 Å². The van der Waals surface area contributed by atoms with E-state index < -0.39 is 5.97 Å². The summed E-state index contributed by atoms with van der Waals surface area (Å²) < 4.78 is 1.92. The van der Waals surface area contributed by atoms with E-state index in [1.54, 1.807) is 6.20 Å². The third-order valence-corrected chi connectivity index (χ3v) is 3.84. The van der Waals surface area contributed by atoms with Crippen molar-refractivity contribution in [2.75, 3.05) is 18.0 Å². The molecule has 0 bridgehead atoms. The molecule has 3 heterocycles. The molecule has 0 saturated carbocycles. The van der Waals surface area contributed by atoms with Crippen LogP contribution in [0.1, 0.15) is 25.5 Å². The van der Waals surface area contributed by atoms with Gasteiger partial charge in [-0.1, -0.05) is 6.92 Å². The average Bonchev–Trinajstić information content (AvgIpc) is 2.78. The lowest BCUT2D eigenvalue weighted by Gasteiger charge is -2.32. The predicted molar refractivity (Wildman–Crippen MR) is 77.1 cm³/mol. The molecule has 5 heteroatoms. The van der Waals surface area contributed by atoms with Crippen LogP contribution in [0.4, 0.5) is 5.69 Å². The molecule has 0 aromatic carbocycles. The number of piperidine rings is 1. The third kappa shape index (κ3) is 2.61. The zero-order chi connectivity index (χ0) is 14.1. The van der Waals surface area contributed by atoms with Crippen molar-refractivity contribution in [3.8, 4) is 0 Å². The fourth-order valence-corrected chi connectivity index (χ4v) is 2.88. The topological polar surface area (TPSA) is 57.8 Å². The van der Waals surface area contributed by atoms with E-state index in [1.807, 2.05) is 16.7 Å². The summed E-state index contributed by atoms with van der Waals surface area (Å²) in [5.41, 5.74) is 2.58. The first-order valence-electron chi connectivity index (χ1n) is 7.06. The van der Waals surface area contributed by atoms with Gasteiger partial charge < -0.3 is 14.4 Å². The minimum absolute atomic E-state index is 0.0300. The molecule has 0 amide bonds. The summed E-state index contributed by atoms with van der Waals surface area (Å²) >= 11 is 0. The Morgan fingerprint density at radius 3 is 3.05 bits per heavy atom. The highest BCUT2D eigenvalue weighted by molar-refractivity contribution is 5.70. The van der Waals surface area contributed by atoms with Gasteiger partial charge in [0.1, 0.15) is 5.65 Å². The number of hydrogen-bond donors (Lipinski definition) is 1. The molecular formula is C15H19N3O2. The van der Waals surface area contributed by atoms with E-state index in [4.69, 9.17) is 5.11 Å². The zero-order valence-electron chi connectivity index (χ0n) is 11.6. The molecule has 20 heavy (non-hydrogen) atoms. The standard InChI is InChI=1S/C15H19N3O2/c1-11-3-2-6-17(8-11)13-4-5-14-16-12(7-15(19)20)9-18(14)10-13/h4-5,9-11H,2-3,6-8H2,1H3,(H,19,20). The van der Waals surface area contributed by atoms with Gasteiger partial charge in [0.2, 0.25) is 0 Å². The first kappa shape index (κ1) is 13.0. The smallest absolute Gasteiger partial charge is 0.309 e. The molecule has 0 spiro atoms. The Bertz CT molecular complexity index is 635. The van der Waals surface area contributed by atoms with Crippen LogP contribution < -0.4 is 4.90 Å².